The van der Waals surface area contributed by atoms with E-state index in [9.17, 15) is 9.59 Å². The van der Waals surface area contributed by atoms with Crippen LogP contribution in [0.1, 0.15) is 105 Å². The fourth-order valence-corrected chi connectivity index (χ4v) is 11.9. The lowest BCUT2D eigenvalue weighted by molar-refractivity contribution is -0.952. The molecule has 10 atom stereocenters. The van der Waals surface area contributed by atoms with Crippen molar-refractivity contribution in [2.45, 2.75) is 129 Å². The van der Waals surface area contributed by atoms with Crippen LogP contribution in [-0.4, -0.2) is 91.6 Å². The smallest absolute Gasteiger partial charge is 0.306 e. The van der Waals surface area contributed by atoms with Crippen LogP contribution >= 0.6 is 0 Å². The molecule has 6 rings (SSSR count). The Bertz CT molecular complexity index is 1050. The van der Waals surface area contributed by atoms with Crippen LogP contribution in [0.15, 0.2) is 12.7 Å². The molecule has 0 aromatic rings. The number of hydrogen-bond donors (Lipinski definition) is 0. The molecule has 6 fully saturated rings. The van der Waals surface area contributed by atoms with Gasteiger partial charge >= 0.3 is 11.9 Å². The number of carbonyl (C=O) groups excluding carboxylic acids is 2. The van der Waals surface area contributed by atoms with Crippen molar-refractivity contribution in [1.29, 1.82) is 0 Å². The van der Waals surface area contributed by atoms with Gasteiger partial charge in [0.1, 0.15) is 12.1 Å². The van der Waals surface area contributed by atoms with Crippen LogP contribution < -0.4 is 0 Å². The molecule has 0 radical (unpaired) electrons. The van der Waals surface area contributed by atoms with Crippen molar-refractivity contribution in [2.75, 3.05) is 45.9 Å². The van der Waals surface area contributed by atoms with E-state index in [1.54, 1.807) is 0 Å². The Kier molecular flexibility index (Phi) is 9.59. The van der Waals surface area contributed by atoms with E-state index in [4.69, 9.17) is 14.2 Å². The number of nitrogens with zero attached hydrogens (tertiary/aromatic N) is 2. The first kappa shape index (κ1) is 32.5. The second-order valence-corrected chi connectivity index (χ2v) is 16.0. The van der Waals surface area contributed by atoms with Crippen molar-refractivity contribution in [1.82, 2.24) is 4.90 Å². The lowest BCUT2D eigenvalue weighted by atomic mass is 9.44. The van der Waals surface area contributed by atoms with E-state index < -0.39 is 0 Å². The average Bonchev–Trinajstić information content (AvgIpc) is 3.34. The predicted molar refractivity (Wildman–Crippen MR) is 172 cm³/mol. The quantitative estimate of drug-likeness (QED) is 0.186. The van der Waals surface area contributed by atoms with E-state index in [-0.39, 0.29) is 41.0 Å². The fourth-order valence-electron chi connectivity index (χ4n) is 11.9. The minimum atomic E-state index is -0.0575. The van der Waals surface area contributed by atoms with Crippen LogP contribution in [-0.2, 0) is 23.8 Å². The maximum Gasteiger partial charge on any atom is 0.306 e. The minimum Gasteiger partial charge on any atom is -0.461 e. The van der Waals surface area contributed by atoms with Crippen LogP contribution in [0, 0.1) is 34.5 Å². The van der Waals surface area contributed by atoms with Crippen molar-refractivity contribution in [3.63, 3.8) is 0 Å². The van der Waals surface area contributed by atoms with Gasteiger partial charge in [-0.25, -0.2) is 0 Å². The summed E-state index contributed by atoms with van der Waals surface area (Å²) >= 11 is 0. The normalized spacial score (nSPS) is 43.6. The predicted octanol–water partition coefficient (Wildman–Crippen LogP) is 6.15. The second-order valence-electron chi connectivity index (χ2n) is 16.0. The SMILES string of the molecule is C=CC[N+]1(C2C[C@H]3[C@@H]4CCC5CC(OC(=O)CC)C(N6CCOCC6)C[C@]5(C)[C@@H]4CC[C@]3(C)C2OC(=O)CC)CCCCC1. The lowest BCUT2D eigenvalue weighted by Crippen LogP contribution is -2.63. The van der Waals surface area contributed by atoms with Gasteiger partial charge in [-0.15, -0.1) is 0 Å². The Morgan fingerprint density at radius 1 is 0.932 bits per heavy atom. The van der Waals surface area contributed by atoms with Gasteiger partial charge in [-0.05, 0) is 93.0 Å². The van der Waals surface area contributed by atoms with Crippen LogP contribution in [0.4, 0.5) is 0 Å². The number of hydrogen-bond acceptors (Lipinski definition) is 6. The minimum absolute atomic E-state index is 0.00484. The molecule has 0 amide bonds. The Morgan fingerprint density at radius 3 is 2.32 bits per heavy atom. The largest absolute Gasteiger partial charge is 0.461 e. The monoisotopic (exact) mass is 613 g/mol. The number of likely N-dealkylation sites (tertiary alicyclic amines) is 1. The van der Waals surface area contributed by atoms with Gasteiger partial charge in [-0.2, -0.15) is 0 Å². The molecule has 4 saturated carbocycles. The van der Waals surface area contributed by atoms with E-state index in [2.05, 4.69) is 31.4 Å². The topological polar surface area (TPSA) is 65.1 Å². The maximum atomic E-state index is 13.0. The zero-order chi connectivity index (χ0) is 31.1. The molecule has 2 saturated heterocycles. The highest BCUT2D eigenvalue weighted by molar-refractivity contribution is 5.69. The van der Waals surface area contributed by atoms with E-state index in [1.165, 1.54) is 58.0 Å². The number of fused-ring (bicyclic) bond motifs is 5. The number of esters is 2. The van der Waals surface area contributed by atoms with Crippen molar-refractivity contribution in [3.05, 3.63) is 12.7 Å². The van der Waals surface area contributed by atoms with Gasteiger partial charge in [0.25, 0.3) is 0 Å². The first-order valence-corrected chi connectivity index (χ1v) is 18.4. The standard InChI is InChI=1S/C37H61N2O5/c1-6-18-39(19-10-9-11-20-39)31-24-29-27-13-12-26-23-32(43-33(40)7-2)30(38-16-21-42-22-17-38)25-37(26,5)28(27)14-15-36(29,4)35(31)44-34(41)8-3/h6,26-32,35H,1,7-25H2,2-5H3/q+1/t26?,27-,28-,29+,30?,31?,32?,35?,36+,37+/m1/s1. The molecule has 2 heterocycles. The highest BCUT2D eigenvalue weighted by Crippen LogP contribution is 2.68. The number of rotatable bonds is 8. The molecular weight excluding hydrogens is 552 g/mol. The van der Waals surface area contributed by atoms with Gasteiger partial charge in [0.05, 0.1) is 32.8 Å². The summed E-state index contributed by atoms with van der Waals surface area (Å²) in [7, 11) is 0. The van der Waals surface area contributed by atoms with Gasteiger partial charge in [0, 0.05) is 43.8 Å². The fraction of sp³-hybridized carbons (Fsp3) is 0.892. The molecule has 0 N–H and O–H groups in total. The Morgan fingerprint density at radius 2 is 1.64 bits per heavy atom. The van der Waals surface area contributed by atoms with E-state index in [0.717, 1.165) is 56.6 Å². The van der Waals surface area contributed by atoms with Crippen LogP contribution in [0.5, 0.6) is 0 Å². The molecule has 2 aliphatic heterocycles. The summed E-state index contributed by atoms with van der Waals surface area (Å²) < 4.78 is 19.6. The number of piperidine rings is 1. The van der Waals surface area contributed by atoms with Crippen LogP contribution in [0.25, 0.3) is 0 Å². The van der Waals surface area contributed by atoms with E-state index in [0.29, 0.717) is 42.6 Å². The molecule has 0 aromatic carbocycles. The van der Waals surface area contributed by atoms with Crippen LogP contribution in [0.3, 0.4) is 0 Å². The van der Waals surface area contributed by atoms with Gasteiger partial charge in [0.2, 0.25) is 0 Å². The number of ether oxygens (including phenoxy) is 3. The van der Waals surface area contributed by atoms with Gasteiger partial charge in [-0.1, -0.05) is 34.3 Å². The number of morpholine rings is 1. The molecule has 5 unspecified atom stereocenters. The van der Waals surface area contributed by atoms with Crippen molar-refractivity contribution in [3.8, 4) is 0 Å². The van der Waals surface area contributed by atoms with Crippen molar-refractivity contribution >= 4 is 11.9 Å². The molecule has 6 aliphatic rings. The lowest BCUT2D eigenvalue weighted by Gasteiger charge is -2.62. The first-order chi connectivity index (χ1) is 21.2. The highest BCUT2D eigenvalue weighted by atomic mass is 16.6. The summed E-state index contributed by atoms with van der Waals surface area (Å²) in [4.78, 5) is 28.2. The van der Waals surface area contributed by atoms with Crippen molar-refractivity contribution in [2.24, 2.45) is 34.5 Å². The third-order valence-corrected chi connectivity index (χ3v) is 14.1. The Labute approximate surface area is 267 Å². The molecule has 7 heteroatoms. The Balaban J connectivity index is 1.30. The molecule has 7 nitrogen and oxygen atoms in total. The zero-order valence-corrected chi connectivity index (χ0v) is 28.3. The van der Waals surface area contributed by atoms with Gasteiger partial charge in [0.15, 0.2) is 6.10 Å². The maximum absolute atomic E-state index is 13.0. The molecular formula is C37H61N2O5+. The highest BCUT2D eigenvalue weighted by Gasteiger charge is 2.67. The Hall–Kier alpha value is -1.44. The molecule has 4 aliphatic carbocycles. The van der Waals surface area contributed by atoms with Crippen LogP contribution in [0.2, 0.25) is 0 Å². The summed E-state index contributed by atoms with van der Waals surface area (Å²) in [5.41, 5.74) is 0.260. The molecule has 44 heavy (non-hydrogen) atoms. The molecule has 0 bridgehead atoms. The molecule has 248 valence electrons. The molecule has 0 spiro atoms. The summed E-state index contributed by atoms with van der Waals surface area (Å²) in [6, 6.07) is 0.639. The number of carbonyl (C=O) groups is 2. The third-order valence-electron chi connectivity index (χ3n) is 14.1. The summed E-state index contributed by atoms with van der Waals surface area (Å²) in [5.74, 6) is 2.42. The second kappa shape index (κ2) is 13.0. The summed E-state index contributed by atoms with van der Waals surface area (Å²) in [6.07, 6.45) is 15.0. The summed E-state index contributed by atoms with van der Waals surface area (Å²) in [5, 5.41) is 0. The number of quaternary nitrogens is 1. The third kappa shape index (κ3) is 5.59. The molecule has 0 aromatic heterocycles. The van der Waals surface area contributed by atoms with E-state index >= 15 is 0 Å². The van der Waals surface area contributed by atoms with E-state index in [1.807, 2.05) is 13.8 Å². The first-order valence-electron chi connectivity index (χ1n) is 18.4. The van der Waals surface area contributed by atoms with Gasteiger partial charge < -0.3 is 18.7 Å². The van der Waals surface area contributed by atoms with Crippen molar-refractivity contribution < 1.29 is 28.3 Å². The zero-order valence-electron chi connectivity index (χ0n) is 28.3. The van der Waals surface area contributed by atoms with Gasteiger partial charge in [-0.3, -0.25) is 14.5 Å². The summed E-state index contributed by atoms with van der Waals surface area (Å²) in [6.45, 7) is 19.9. The average molecular weight is 614 g/mol.